The maximum Gasteiger partial charge on any atom is 0.0110 e. The van der Waals surface area contributed by atoms with Crippen molar-refractivity contribution in [3.63, 3.8) is 0 Å². The van der Waals surface area contributed by atoms with Gasteiger partial charge in [-0.15, -0.1) is 0 Å². The zero-order valence-corrected chi connectivity index (χ0v) is 12.9. The lowest BCUT2D eigenvalue weighted by atomic mass is 9.92. The van der Waals surface area contributed by atoms with Gasteiger partial charge in [-0.2, -0.15) is 0 Å². The van der Waals surface area contributed by atoms with Crippen LogP contribution in [0.2, 0.25) is 0 Å². The molecule has 0 radical (unpaired) electrons. The fraction of sp³-hybridized carbons (Fsp3) is 1.00. The lowest BCUT2D eigenvalue weighted by molar-refractivity contribution is 0.0895. The summed E-state index contributed by atoms with van der Waals surface area (Å²) in [5.74, 6) is 1.81. The fourth-order valence-electron chi connectivity index (χ4n) is 4.09. The summed E-state index contributed by atoms with van der Waals surface area (Å²) >= 11 is 0. The molecule has 3 heteroatoms. The monoisotopic (exact) mass is 265 g/mol. The van der Waals surface area contributed by atoms with Crippen molar-refractivity contribution in [2.75, 3.05) is 52.4 Å². The second kappa shape index (κ2) is 6.11. The smallest absolute Gasteiger partial charge is 0.0110 e. The molecule has 2 unspecified atom stereocenters. The first kappa shape index (κ1) is 13.8. The summed E-state index contributed by atoms with van der Waals surface area (Å²) < 4.78 is 0. The highest BCUT2D eigenvalue weighted by Gasteiger charge is 2.29. The summed E-state index contributed by atoms with van der Waals surface area (Å²) in [7, 11) is 0. The molecule has 4 bridgehead atoms. The quantitative estimate of drug-likeness (QED) is 0.661. The minimum Gasteiger partial charge on any atom is -0.301 e. The van der Waals surface area contributed by atoms with Gasteiger partial charge in [0.25, 0.3) is 0 Å². The summed E-state index contributed by atoms with van der Waals surface area (Å²) in [6.45, 7) is 15.5. The Morgan fingerprint density at radius 1 is 0.684 bits per heavy atom. The van der Waals surface area contributed by atoms with Crippen molar-refractivity contribution in [2.24, 2.45) is 11.8 Å². The Kier molecular flexibility index (Phi) is 4.45. The molecular weight excluding hydrogens is 234 g/mol. The van der Waals surface area contributed by atoms with Crippen LogP contribution >= 0.6 is 0 Å². The summed E-state index contributed by atoms with van der Waals surface area (Å²) in [4.78, 5) is 8.17. The third-order valence-electron chi connectivity index (χ3n) is 5.93. The molecule has 6 rings (SSSR count). The zero-order valence-electron chi connectivity index (χ0n) is 12.9. The molecule has 0 aromatic heterocycles. The highest BCUT2D eigenvalue weighted by atomic mass is 15.3. The molecular formula is C16H31N3. The van der Waals surface area contributed by atoms with E-state index in [1.165, 1.54) is 71.6 Å². The summed E-state index contributed by atoms with van der Waals surface area (Å²) in [5, 5.41) is 0. The van der Waals surface area contributed by atoms with Gasteiger partial charge in [0.15, 0.2) is 0 Å². The van der Waals surface area contributed by atoms with E-state index in [0.29, 0.717) is 0 Å². The Bertz CT molecular complexity index is 278. The molecule has 0 aromatic carbocycles. The van der Waals surface area contributed by atoms with Crippen LogP contribution in [-0.4, -0.2) is 73.1 Å². The Labute approximate surface area is 118 Å². The van der Waals surface area contributed by atoms with E-state index in [2.05, 4.69) is 28.5 Å². The molecule has 2 atom stereocenters. The van der Waals surface area contributed by atoms with Crippen LogP contribution in [0.15, 0.2) is 0 Å². The number of piperidine rings is 1. The fourth-order valence-corrected chi connectivity index (χ4v) is 4.09. The SMILES string of the molecule is CC1CCN2CCN(CC2)CC2CCN(CC2)C1C. The third-order valence-corrected chi connectivity index (χ3v) is 5.93. The second-order valence-corrected chi connectivity index (χ2v) is 7.13. The van der Waals surface area contributed by atoms with Crippen molar-refractivity contribution in [3.05, 3.63) is 0 Å². The zero-order chi connectivity index (χ0) is 13.2. The molecule has 0 amide bonds. The molecule has 0 saturated carbocycles. The first-order chi connectivity index (χ1) is 9.22. The molecule has 6 fully saturated rings. The van der Waals surface area contributed by atoms with E-state index in [9.17, 15) is 0 Å². The highest BCUT2D eigenvalue weighted by molar-refractivity contribution is 4.83. The van der Waals surface area contributed by atoms with Crippen LogP contribution in [0, 0.1) is 11.8 Å². The predicted molar refractivity (Wildman–Crippen MR) is 80.4 cm³/mol. The van der Waals surface area contributed by atoms with Gasteiger partial charge in [-0.1, -0.05) is 6.92 Å². The van der Waals surface area contributed by atoms with Crippen molar-refractivity contribution < 1.29 is 0 Å². The number of nitrogens with zero attached hydrogens (tertiary/aromatic N) is 3. The van der Waals surface area contributed by atoms with Gasteiger partial charge in [0, 0.05) is 38.8 Å². The van der Waals surface area contributed by atoms with E-state index >= 15 is 0 Å². The minimum absolute atomic E-state index is 0.778. The number of hydrogen-bond donors (Lipinski definition) is 0. The second-order valence-electron chi connectivity index (χ2n) is 7.13. The maximum atomic E-state index is 2.76. The van der Waals surface area contributed by atoms with Gasteiger partial charge in [-0.25, -0.2) is 0 Å². The summed E-state index contributed by atoms with van der Waals surface area (Å²) in [6, 6.07) is 0.778. The highest BCUT2D eigenvalue weighted by Crippen LogP contribution is 2.25. The summed E-state index contributed by atoms with van der Waals surface area (Å²) in [5.41, 5.74) is 0. The molecule has 6 aliphatic rings. The van der Waals surface area contributed by atoms with Gasteiger partial charge in [0.05, 0.1) is 0 Å². The van der Waals surface area contributed by atoms with Crippen molar-refractivity contribution in [1.29, 1.82) is 0 Å². The van der Waals surface area contributed by atoms with Crippen LogP contribution in [0.5, 0.6) is 0 Å². The van der Waals surface area contributed by atoms with Gasteiger partial charge >= 0.3 is 0 Å². The van der Waals surface area contributed by atoms with Crippen LogP contribution in [0.3, 0.4) is 0 Å². The van der Waals surface area contributed by atoms with E-state index in [1.807, 2.05) is 0 Å². The average molecular weight is 265 g/mol. The van der Waals surface area contributed by atoms with Gasteiger partial charge in [0.2, 0.25) is 0 Å². The van der Waals surface area contributed by atoms with Crippen LogP contribution in [-0.2, 0) is 0 Å². The Hall–Kier alpha value is -0.120. The lowest BCUT2D eigenvalue weighted by Crippen LogP contribution is -2.48. The van der Waals surface area contributed by atoms with Crippen LogP contribution in [0.25, 0.3) is 0 Å². The van der Waals surface area contributed by atoms with Crippen molar-refractivity contribution in [1.82, 2.24) is 14.7 Å². The topological polar surface area (TPSA) is 9.72 Å². The standard InChI is InChI=1S/C16H31N3/c1-14-3-6-17-9-11-18(12-10-17)13-16-4-7-19(8-5-16)15(14)2/h14-16H,3-13H2,1-2H3. The first-order valence-corrected chi connectivity index (χ1v) is 8.41. The van der Waals surface area contributed by atoms with Crippen molar-refractivity contribution in [2.45, 2.75) is 39.2 Å². The van der Waals surface area contributed by atoms with E-state index < -0.39 is 0 Å². The van der Waals surface area contributed by atoms with Gasteiger partial charge in [-0.05, 0) is 57.7 Å². The Morgan fingerprint density at radius 2 is 1.32 bits per heavy atom. The van der Waals surface area contributed by atoms with Crippen molar-refractivity contribution in [3.8, 4) is 0 Å². The minimum atomic E-state index is 0.778. The van der Waals surface area contributed by atoms with Crippen LogP contribution in [0.4, 0.5) is 0 Å². The maximum absolute atomic E-state index is 2.76. The normalized spacial score (nSPS) is 48.3. The van der Waals surface area contributed by atoms with E-state index in [-0.39, 0.29) is 0 Å². The van der Waals surface area contributed by atoms with E-state index in [4.69, 9.17) is 0 Å². The average Bonchev–Trinajstić information content (AvgIpc) is 2.48. The van der Waals surface area contributed by atoms with E-state index in [1.54, 1.807) is 0 Å². The third kappa shape index (κ3) is 3.32. The molecule has 0 spiro atoms. The van der Waals surface area contributed by atoms with Crippen molar-refractivity contribution >= 4 is 0 Å². The molecule has 110 valence electrons. The molecule has 6 aliphatic heterocycles. The van der Waals surface area contributed by atoms with Gasteiger partial charge in [0.1, 0.15) is 0 Å². The number of piperazine rings is 1. The Balaban J connectivity index is 1.69. The molecule has 0 aromatic rings. The predicted octanol–water partition coefficient (Wildman–Crippen LogP) is 1.74. The molecule has 3 nitrogen and oxygen atoms in total. The summed E-state index contributed by atoms with van der Waals surface area (Å²) in [6.07, 6.45) is 4.23. The number of rotatable bonds is 0. The van der Waals surface area contributed by atoms with Gasteiger partial charge in [-0.3, -0.25) is 0 Å². The van der Waals surface area contributed by atoms with E-state index in [0.717, 1.165) is 17.9 Å². The first-order valence-electron chi connectivity index (χ1n) is 8.41. The number of hydrogen-bond acceptors (Lipinski definition) is 3. The Morgan fingerprint density at radius 3 is 2.00 bits per heavy atom. The van der Waals surface area contributed by atoms with Gasteiger partial charge < -0.3 is 14.7 Å². The molecule has 19 heavy (non-hydrogen) atoms. The molecule has 6 heterocycles. The van der Waals surface area contributed by atoms with Crippen LogP contribution in [0.1, 0.15) is 33.1 Å². The largest absolute Gasteiger partial charge is 0.301 e. The lowest BCUT2D eigenvalue weighted by Gasteiger charge is -2.39. The molecule has 0 N–H and O–H groups in total. The molecule has 6 saturated heterocycles. The molecule has 0 aliphatic carbocycles. The van der Waals surface area contributed by atoms with Crippen LogP contribution < -0.4 is 0 Å².